The minimum Gasteiger partial charge on any atom is -0.493 e. The first kappa shape index (κ1) is 16.4. The Bertz CT molecular complexity index is 1050. The highest BCUT2D eigenvalue weighted by atomic mass is 32.2. The van der Waals surface area contributed by atoms with Gasteiger partial charge in [0.05, 0.1) is 12.8 Å². The number of benzene rings is 1. The van der Waals surface area contributed by atoms with Crippen LogP contribution >= 0.6 is 11.8 Å². The Labute approximate surface area is 153 Å². The highest BCUT2D eigenvalue weighted by Crippen LogP contribution is 2.33. The van der Waals surface area contributed by atoms with Crippen molar-refractivity contribution in [3.8, 4) is 22.8 Å². The van der Waals surface area contributed by atoms with E-state index in [0.29, 0.717) is 11.5 Å². The molecule has 0 aliphatic rings. The van der Waals surface area contributed by atoms with E-state index in [2.05, 4.69) is 9.97 Å². The van der Waals surface area contributed by atoms with Crippen molar-refractivity contribution in [2.45, 2.75) is 10.1 Å². The standard InChI is InChI=1S/C18H15N5O2S/c1-24-16-10-12(2-3-15(16)25-19)14-11-17-21-8-9-23(17)18(22-14)26-13-4-6-20-7-5-13/h2-11H,19H2,1H3. The molecule has 0 aliphatic carbocycles. The maximum atomic E-state index is 5.33. The van der Waals surface area contributed by atoms with E-state index in [4.69, 9.17) is 20.5 Å². The summed E-state index contributed by atoms with van der Waals surface area (Å²) in [4.78, 5) is 19.1. The molecule has 2 N–H and O–H groups in total. The maximum absolute atomic E-state index is 5.33. The van der Waals surface area contributed by atoms with Gasteiger partial charge in [0.1, 0.15) is 5.65 Å². The predicted molar refractivity (Wildman–Crippen MR) is 98.2 cm³/mol. The second-order valence-corrected chi connectivity index (χ2v) is 6.39. The highest BCUT2D eigenvalue weighted by Gasteiger charge is 2.12. The van der Waals surface area contributed by atoms with Gasteiger partial charge in [0, 0.05) is 41.3 Å². The molecule has 4 aromatic rings. The van der Waals surface area contributed by atoms with Crippen molar-refractivity contribution < 1.29 is 9.57 Å². The van der Waals surface area contributed by atoms with Gasteiger partial charge in [0.2, 0.25) is 0 Å². The molecule has 0 bridgehead atoms. The average Bonchev–Trinajstić information content (AvgIpc) is 3.17. The number of ether oxygens (including phenoxy) is 1. The number of nitrogens with zero attached hydrogens (tertiary/aromatic N) is 4. The van der Waals surface area contributed by atoms with Gasteiger partial charge in [-0.1, -0.05) is 11.8 Å². The van der Waals surface area contributed by atoms with Crippen molar-refractivity contribution in [2.24, 2.45) is 5.90 Å². The predicted octanol–water partition coefficient (Wildman–Crippen LogP) is 3.20. The smallest absolute Gasteiger partial charge is 0.188 e. The molecule has 8 heteroatoms. The molecule has 4 rings (SSSR count). The monoisotopic (exact) mass is 365 g/mol. The Balaban J connectivity index is 1.81. The first-order valence-corrected chi connectivity index (χ1v) is 8.57. The van der Waals surface area contributed by atoms with Crippen LogP contribution in [-0.2, 0) is 0 Å². The summed E-state index contributed by atoms with van der Waals surface area (Å²) in [6.45, 7) is 0. The molecular weight excluding hydrogens is 350 g/mol. The van der Waals surface area contributed by atoms with Gasteiger partial charge in [0.25, 0.3) is 0 Å². The van der Waals surface area contributed by atoms with E-state index in [9.17, 15) is 0 Å². The van der Waals surface area contributed by atoms with Gasteiger partial charge < -0.3 is 9.57 Å². The fraction of sp³-hybridized carbons (Fsp3) is 0.0556. The van der Waals surface area contributed by atoms with Crippen molar-refractivity contribution in [1.82, 2.24) is 19.4 Å². The summed E-state index contributed by atoms with van der Waals surface area (Å²) in [6, 6.07) is 11.3. The Kier molecular flexibility index (Phi) is 4.42. The third-order valence-corrected chi connectivity index (χ3v) is 4.78. The van der Waals surface area contributed by atoms with E-state index in [1.54, 1.807) is 43.5 Å². The number of hydrogen-bond acceptors (Lipinski definition) is 7. The summed E-state index contributed by atoms with van der Waals surface area (Å²) >= 11 is 1.54. The molecule has 7 nitrogen and oxygen atoms in total. The van der Waals surface area contributed by atoms with Crippen LogP contribution in [0.3, 0.4) is 0 Å². The van der Waals surface area contributed by atoms with E-state index in [0.717, 1.165) is 27.0 Å². The summed E-state index contributed by atoms with van der Waals surface area (Å²) in [7, 11) is 1.57. The van der Waals surface area contributed by atoms with Gasteiger partial charge in [-0.2, -0.15) is 5.90 Å². The second-order valence-electron chi connectivity index (χ2n) is 5.35. The van der Waals surface area contributed by atoms with Crippen molar-refractivity contribution in [1.29, 1.82) is 0 Å². The minimum absolute atomic E-state index is 0.463. The quantitative estimate of drug-likeness (QED) is 0.429. The number of rotatable bonds is 5. The number of hydrogen-bond donors (Lipinski definition) is 1. The lowest BCUT2D eigenvalue weighted by molar-refractivity contribution is 0.306. The van der Waals surface area contributed by atoms with Crippen molar-refractivity contribution >= 4 is 17.4 Å². The Hall–Kier alpha value is -3.10. The minimum atomic E-state index is 0.463. The zero-order valence-electron chi connectivity index (χ0n) is 13.9. The van der Waals surface area contributed by atoms with Gasteiger partial charge in [-0.15, -0.1) is 0 Å². The molecule has 3 heterocycles. The number of nitrogens with two attached hydrogens (primary N) is 1. The Morgan fingerprint density at radius 2 is 1.88 bits per heavy atom. The number of imidazole rings is 1. The Morgan fingerprint density at radius 1 is 1.04 bits per heavy atom. The van der Waals surface area contributed by atoms with Gasteiger partial charge >= 0.3 is 0 Å². The van der Waals surface area contributed by atoms with Gasteiger partial charge in [-0.05, 0) is 30.3 Å². The normalized spacial score (nSPS) is 10.8. The zero-order valence-corrected chi connectivity index (χ0v) is 14.7. The van der Waals surface area contributed by atoms with Crippen LogP contribution in [0.1, 0.15) is 0 Å². The molecule has 0 spiro atoms. The molecule has 0 amide bonds. The first-order chi connectivity index (χ1) is 12.8. The lowest BCUT2D eigenvalue weighted by Crippen LogP contribution is -2.03. The van der Waals surface area contributed by atoms with E-state index in [1.165, 1.54) is 0 Å². The van der Waals surface area contributed by atoms with Crippen molar-refractivity contribution in [3.63, 3.8) is 0 Å². The molecule has 0 aliphatic heterocycles. The fourth-order valence-electron chi connectivity index (χ4n) is 2.55. The number of methoxy groups -OCH3 is 1. The summed E-state index contributed by atoms with van der Waals surface area (Å²) in [5.74, 6) is 6.27. The molecule has 26 heavy (non-hydrogen) atoms. The zero-order chi connectivity index (χ0) is 17.9. The van der Waals surface area contributed by atoms with E-state index >= 15 is 0 Å². The Morgan fingerprint density at radius 3 is 2.65 bits per heavy atom. The van der Waals surface area contributed by atoms with Crippen molar-refractivity contribution in [3.05, 3.63) is 61.2 Å². The van der Waals surface area contributed by atoms with Gasteiger partial charge in [0.15, 0.2) is 16.7 Å². The molecule has 130 valence electrons. The number of aromatic nitrogens is 4. The van der Waals surface area contributed by atoms with Crippen LogP contribution in [0.25, 0.3) is 16.9 Å². The molecule has 3 aromatic heterocycles. The lowest BCUT2D eigenvalue weighted by atomic mass is 10.1. The fourth-order valence-corrected chi connectivity index (χ4v) is 3.42. The summed E-state index contributed by atoms with van der Waals surface area (Å²) in [5.41, 5.74) is 2.47. The van der Waals surface area contributed by atoms with E-state index in [-0.39, 0.29) is 0 Å². The molecule has 1 aromatic carbocycles. The summed E-state index contributed by atoms with van der Waals surface area (Å²) in [6.07, 6.45) is 7.16. The number of pyridine rings is 1. The third kappa shape index (κ3) is 3.07. The molecule has 0 fully saturated rings. The maximum Gasteiger partial charge on any atom is 0.188 e. The largest absolute Gasteiger partial charge is 0.493 e. The van der Waals surface area contributed by atoms with Crippen LogP contribution in [0.4, 0.5) is 0 Å². The van der Waals surface area contributed by atoms with Crippen LogP contribution in [0.15, 0.2) is 71.2 Å². The lowest BCUT2D eigenvalue weighted by Gasteiger charge is -2.11. The van der Waals surface area contributed by atoms with E-state index < -0.39 is 0 Å². The summed E-state index contributed by atoms with van der Waals surface area (Å²) < 4.78 is 7.28. The molecule has 0 radical (unpaired) electrons. The van der Waals surface area contributed by atoms with Crippen LogP contribution in [0.2, 0.25) is 0 Å². The van der Waals surface area contributed by atoms with Gasteiger partial charge in [-0.3, -0.25) is 9.38 Å². The molecule has 0 saturated carbocycles. The molecular formula is C18H15N5O2S. The van der Waals surface area contributed by atoms with Crippen LogP contribution < -0.4 is 15.5 Å². The molecule has 0 unspecified atom stereocenters. The highest BCUT2D eigenvalue weighted by molar-refractivity contribution is 7.99. The van der Waals surface area contributed by atoms with E-state index in [1.807, 2.05) is 40.9 Å². The third-order valence-electron chi connectivity index (χ3n) is 3.80. The molecule has 0 saturated heterocycles. The van der Waals surface area contributed by atoms with Crippen LogP contribution in [-0.4, -0.2) is 26.5 Å². The average molecular weight is 365 g/mol. The van der Waals surface area contributed by atoms with Crippen molar-refractivity contribution in [2.75, 3.05) is 7.11 Å². The first-order valence-electron chi connectivity index (χ1n) is 7.75. The molecule has 0 atom stereocenters. The van der Waals surface area contributed by atoms with Crippen LogP contribution in [0.5, 0.6) is 11.5 Å². The number of fused-ring (bicyclic) bond motifs is 1. The van der Waals surface area contributed by atoms with Crippen LogP contribution in [0, 0.1) is 0 Å². The topological polar surface area (TPSA) is 87.6 Å². The SMILES string of the molecule is COc1cc(-c2cc3nccn3c(Sc3ccncc3)n2)ccc1ON. The summed E-state index contributed by atoms with van der Waals surface area (Å²) in [5, 5.41) is 0.805. The second kappa shape index (κ2) is 7.03. The van der Waals surface area contributed by atoms with Gasteiger partial charge in [-0.25, -0.2) is 9.97 Å².